The van der Waals surface area contributed by atoms with Crippen LogP contribution in [0, 0.1) is 4.91 Å². The third kappa shape index (κ3) is 3.07. The standard InChI is InChI=1S/C2H3NO3/c4-2(5)1-3-6/h1H2,(H,4,5). The van der Waals surface area contributed by atoms with E-state index in [1.165, 1.54) is 0 Å². The van der Waals surface area contributed by atoms with Gasteiger partial charge in [0.05, 0.1) is 0 Å². The predicted molar refractivity (Wildman–Crippen MR) is 18.3 cm³/mol. The molecule has 0 aromatic heterocycles. The average molecular weight is 89.0 g/mol. The Hall–Kier alpha value is -0.930. The monoisotopic (exact) mass is 89.0 g/mol. The number of nitroso groups, excluding NO2 is 1. The molecular weight excluding hydrogens is 86.0 g/mol. The van der Waals surface area contributed by atoms with Crippen molar-refractivity contribution in [1.29, 1.82) is 0 Å². The van der Waals surface area contributed by atoms with Gasteiger partial charge in [-0.15, -0.1) is 0 Å². The second-order valence-corrected chi connectivity index (χ2v) is 0.681. The highest BCUT2D eigenvalue weighted by Crippen LogP contribution is 1.62. The molecule has 0 aliphatic carbocycles. The number of hydrogen-bond donors (Lipinski definition) is 1. The van der Waals surface area contributed by atoms with Crippen LogP contribution < -0.4 is 0 Å². The van der Waals surface area contributed by atoms with Gasteiger partial charge in [-0.2, -0.15) is 4.91 Å². The molecule has 34 valence electrons. The van der Waals surface area contributed by atoms with Crippen molar-refractivity contribution in [3.63, 3.8) is 0 Å². The van der Waals surface area contributed by atoms with Gasteiger partial charge in [-0.25, -0.2) is 0 Å². The van der Waals surface area contributed by atoms with Crippen molar-refractivity contribution >= 4 is 5.97 Å². The fourth-order valence-corrected chi connectivity index (χ4v) is 0.0552. The Kier molecular flexibility index (Phi) is 1.96. The minimum Gasteiger partial charge on any atom is -0.480 e. The van der Waals surface area contributed by atoms with E-state index in [1.807, 2.05) is 0 Å². The summed E-state index contributed by atoms with van der Waals surface area (Å²) in [6.45, 7) is -0.639. The van der Waals surface area contributed by atoms with Crippen LogP contribution >= 0.6 is 0 Å². The molecule has 0 aromatic carbocycles. The average Bonchev–Trinajstić information content (AvgIpc) is 1.35. The Morgan fingerprint density at radius 2 is 2.33 bits per heavy atom. The van der Waals surface area contributed by atoms with Crippen molar-refractivity contribution in [2.24, 2.45) is 5.18 Å². The first-order valence-electron chi connectivity index (χ1n) is 1.28. The lowest BCUT2D eigenvalue weighted by molar-refractivity contribution is -0.135. The molecule has 0 spiro atoms. The van der Waals surface area contributed by atoms with Gasteiger partial charge in [-0.3, -0.25) is 4.79 Å². The molecule has 0 bridgehead atoms. The van der Waals surface area contributed by atoms with Gasteiger partial charge in [-0.05, 0) is 0 Å². The summed E-state index contributed by atoms with van der Waals surface area (Å²) in [4.78, 5) is 18.3. The highest BCUT2D eigenvalue weighted by Gasteiger charge is 1.88. The van der Waals surface area contributed by atoms with E-state index in [0.717, 1.165) is 0 Å². The van der Waals surface area contributed by atoms with Crippen LogP contribution in [0.3, 0.4) is 0 Å². The normalized spacial score (nSPS) is 7.33. The van der Waals surface area contributed by atoms with E-state index >= 15 is 0 Å². The van der Waals surface area contributed by atoms with Crippen LogP contribution in [0.1, 0.15) is 0 Å². The summed E-state index contributed by atoms with van der Waals surface area (Å²) < 4.78 is 0. The van der Waals surface area contributed by atoms with Crippen LogP contribution in [-0.4, -0.2) is 17.6 Å². The quantitative estimate of drug-likeness (QED) is 0.478. The van der Waals surface area contributed by atoms with Crippen LogP contribution in [0.5, 0.6) is 0 Å². The molecule has 0 unspecified atom stereocenters. The van der Waals surface area contributed by atoms with Gasteiger partial charge in [0.15, 0.2) is 6.54 Å². The lowest BCUT2D eigenvalue weighted by Crippen LogP contribution is -1.96. The molecule has 0 aliphatic heterocycles. The molecule has 1 N–H and O–H groups in total. The van der Waals surface area contributed by atoms with Crippen LogP contribution in [0.4, 0.5) is 0 Å². The maximum absolute atomic E-state index is 9.31. The van der Waals surface area contributed by atoms with E-state index in [9.17, 15) is 4.79 Å². The highest BCUT2D eigenvalue weighted by atomic mass is 16.4. The Morgan fingerprint density at radius 1 is 1.83 bits per heavy atom. The van der Waals surface area contributed by atoms with Gasteiger partial charge in [-0.1, -0.05) is 5.18 Å². The van der Waals surface area contributed by atoms with Crippen molar-refractivity contribution in [3.05, 3.63) is 4.91 Å². The fourth-order valence-electron chi connectivity index (χ4n) is 0.0552. The Bertz CT molecular complexity index is 69.2. The molecule has 0 rings (SSSR count). The van der Waals surface area contributed by atoms with Crippen molar-refractivity contribution in [2.75, 3.05) is 6.54 Å². The second kappa shape index (κ2) is 2.32. The SMILES string of the molecule is O=NCC(=O)O. The number of carbonyl (C=O) groups is 1. The summed E-state index contributed by atoms with van der Waals surface area (Å²) in [6.07, 6.45) is 0. The van der Waals surface area contributed by atoms with Gasteiger partial charge in [0.1, 0.15) is 0 Å². The van der Waals surface area contributed by atoms with Gasteiger partial charge in [0, 0.05) is 0 Å². The molecule has 0 atom stereocenters. The molecular formula is C2H3NO3. The van der Waals surface area contributed by atoms with E-state index in [4.69, 9.17) is 10.0 Å². The summed E-state index contributed by atoms with van der Waals surface area (Å²) in [5.41, 5.74) is 0. The van der Waals surface area contributed by atoms with Gasteiger partial charge in [0.2, 0.25) is 0 Å². The zero-order chi connectivity index (χ0) is 4.99. The predicted octanol–water partition coefficient (Wildman–Crippen LogP) is -0.163. The molecule has 0 saturated heterocycles. The van der Waals surface area contributed by atoms with Gasteiger partial charge < -0.3 is 5.11 Å². The lowest BCUT2D eigenvalue weighted by atomic mass is 10.7. The zero-order valence-electron chi connectivity index (χ0n) is 2.92. The molecule has 4 nitrogen and oxygen atoms in total. The molecule has 0 amide bonds. The van der Waals surface area contributed by atoms with Crippen molar-refractivity contribution in [3.8, 4) is 0 Å². The Labute approximate surface area is 33.8 Å². The summed E-state index contributed by atoms with van der Waals surface area (Å²) in [7, 11) is 0. The minimum absolute atomic E-state index is 0.639. The minimum atomic E-state index is -1.19. The molecule has 0 aliphatic rings. The first-order valence-corrected chi connectivity index (χ1v) is 1.28. The number of aliphatic carboxylic acids is 1. The number of nitrogens with zero attached hydrogens (tertiary/aromatic N) is 1. The maximum Gasteiger partial charge on any atom is 0.328 e. The molecule has 6 heavy (non-hydrogen) atoms. The van der Waals surface area contributed by atoms with Gasteiger partial charge >= 0.3 is 5.97 Å². The third-order valence-corrected chi connectivity index (χ3v) is 0.200. The van der Waals surface area contributed by atoms with Crippen LogP contribution in [-0.2, 0) is 4.79 Å². The topological polar surface area (TPSA) is 66.7 Å². The molecule has 4 heteroatoms. The molecule has 0 saturated carbocycles. The Morgan fingerprint density at radius 3 is 2.33 bits per heavy atom. The summed E-state index contributed by atoms with van der Waals surface area (Å²) in [5.74, 6) is -1.19. The van der Waals surface area contributed by atoms with Crippen molar-refractivity contribution in [2.45, 2.75) is 0 Å². The van der Waals surface area contributed by atoms with Gasteiger partial charge in [0.25, 0.3) is 0 Å². The van der Waals surface area contributed by atoms with Crippen LogP contribution in [0.25, 0.3) is 0 Å². The number of carboxylic acids is 1. The molecule has 0 fully saturated rings. The van der Waals surface area contributed by atoms with Crippen LogP contribution in [0.2, 0.25) is 0 Å². The van der Waals surface area contributed by atoms with Crippen molar-refractivity contribution < 1.29 is 9.90 Å². The van der Waals surface area contributed by atoms with E-state index in [-0.39, 0.29) is 0 Å². The smallest absolute Gasteiger partial charge is 0.328 e. The number of hydrogen-bond acceptors (Lipinski definition) is 3. The molecule has 0 radical (unpaired) electrons. The fraction of sp³-hybridized carbons (Fsp3) is 0.500. The summed E-state index contributed by atoms with van der Waals surface area (Å²) >= 11 is 0. The second-order valence-electron chi connectivity index (χ2n) is 0.681. The van der Waals surface area contributed by atoms with E-state index in [2.05, 4.69) is 5.18 Å². The first kappa shape index (κ1) is 5.07. The maximum atomic E-state index is 9.31. The van der Waals surface area contributed by atoms with Crippen LogP contribution in [0.15, 0.2) is 5.18 Å². The van der Waals surface area contributed by atoms with E-state index in [1.54, 1.807) is 0 Å². The lowest BCUT2D eigenvalue weighted by Gasteiger charge is -1.71. The third-order valence-electron chi connectivity index (χ3n) is 0.200. The van der Waals surface area contributed by atoms with Crippen molar-refractivity contribution in [1.82, 2.24) is 0 Å². The summed E-state index contributed by atoms with van der Waals surface area (Å²) in [5, 5.41) is 9.71. The first-order chi connectivity index (χ1) is 2.77. The number of rotatable bonds is 2. The zero-order valence-corrected chi connectivity index (χ0v) is 2.92. The summed E-state index contributed by atoms with van der Waals surface area (Å²) in [6, 6.07) is 0. The largest absolute Gasteiger partial charge is 0.480 e. The Balaban J connectivity index is 3.05. The molecule has 0 aromatic rings. The highest BCUT2D eigenvalue weighted by molar-refractivity contribution is 5.69. The van der Waals surface area contributed by atoms with E-state index in [0.29, 0.717) is 0 Å². The number of carboxylic acid groups (broad SMARTS) is 1. The molecule has 0 heterocycles. The van der Waals surface area contributed by atoms with E-state index < -0.39 is 12.5 Å².